The predicted octanol–water partition coefficient (Wildman–Crippen LogP) is -3.25. The second-order valence-corrected chi connectivity index (χ2v) is 9.30. The molecule has 0 aliphatic rings. The number of hydrogen-bond donors (Lipinski definition) is 9. The van der Waals surface area contributed by atoms with E-state index in [9.17, 15) is 38.7 Å². The van der Waals surface area contributed by atoms with Crippen LogP contribution in [0.2, 0.25) is 0 Å². The molecule has 0 aliphatic carbocycles. The maximum atomic E-state index is 12.7. The predicted molar refractivity (Wildman–Crippen MR) is 138 cm³/mol. The third-order valence-corrected chi connectivity index (χ3v) is 5.31. The van der Waals surface area contributed by atoms with Gasteiger partial charge in [0.2, 0.25) is 29.5 Å². The molecule has 16 heteroatoms. The van der Waals surface area contributed by atoms with E-state index in [1.54, 1.807) is 13.8 Å². The number of carboxylic acids is 2. The van der Waals surface area contributed by atoms with Gasteiger partial charge in [0, 0.05) is 0 Å². The lowest BCUT2D eigenvalue weighted by Gasteiger charge is -2.23. The van der Waals surface area contributed by atoms with Crippen molar-refractivity contribution >= 4 is 41.5 Å². The van der Waals surface area contributed by atoms with Gasteiger partial charge in [0.05, 0.1) is 19.5 Å². The van der Waals surface area contributed by atoms with E-state index in [0.29, 0.717) is 19.4 Å². The number of amides is 5. The fraction of sp³-hybridized carbons (Fsp3) is 0.696. The lowest BCUT2D eigenvalue weighted by Crippen LogP contribution is -2.56. The number of rotatable bonds is 19. The van der Waals surface area contributed by atoms with Crippen molar-refractivity contribution in [3.05, 3.63) is 0 Å². The number of aliphatic carboxylic acids is 2. The van der Waals surface area contributed by atoms with E-state index in [1.165, 1.54) is 6.92 Å². The van der Waals surface area contributed by atoms with Crippen LogP contribution in [0.1, 0.15) is 52.9 Å². The van der Waals surface area contributed by atoms with Gasteiger partial charge in [-0.1, -0.05) is 13.8 Å². The van der Waals surface area contributed by atoms with Crippen molar-refractivity contribution in [1.82, 2.24) is 26.6 Å². The monoisotopic (exact) mass is 559 g/mol. The molecule has 0 aromatic rings. The number of hydrogen-bond acceptors (Lipinski definition) is 9. The Labute approximate surface area is 226 Å². The first-order chi connectivity index (χ1) is 18.2. The normalized spacial score (nSPS) is 13.8. The molecule has 0 radical (unpaired) electrons. The topological polar surface area (TPSA) is 272 Å². The summed E-state index contributed by atoms with van der Waals surface area (Å²) in [7, 11) is 0. The van der Waals surface area contributed by atoms with Crippen molar-refractivity contribution in [3.8, 4) is 0 Å². The Hall–Kier alpha value is -3.79. The van der Waals surface area contributed by atoms with Crippen LogP contribution in [0.4, 0.5) is 0 Å². The van der Waals surface area contributed by atoms with Gasteiger partial charge in [-0.2, -0.15) is 0 Å². The summed E-state index contributed by atoms with van der Waals surface area (Å²) in [6.45, 7) is 4.23. The van der Waals surface area contributed by atoms with Crippen LogP contribution in [0, 0.1) is 5.92 Å². The van der Waals surface area contributed by atoms with E-state index in [0.717, 1.165) is 0 Å². The van der Waals surface area contributed by atoms with Gasteiger partial charge < -0.3 is 48.3 Å². The first kappa shape index (κ1) is 35.2. The minimum Gasteiger partial charge on any atom is -0.481 e. The molecule has 39 heavy (non-hydrogen) atoms. The minimum atomic E-state index is -1.57. The molecule has 5 amide bonds. The van der Waals surface area contributed by atoms with Gasteiger partial charge in [0.25, 0.3) is 0 Å². The van der Waals surface area contributed by atoms with Gasteiger partial charge in [-0.05, 0) is 45.1 Å². The number of carbonyl (C=O) groups excluding carboxylic acids is 5. The molecule has 0 unspecified atom stereocenters. The van der Waals surface area contributed by atoms with Crippen LogP contribution >= 0.6 is 0 Å². The van der Waals surface area contributed by atoms with Crippen molar-refractivity contribution in [2.45, 2.75) is 77.0 Å². The van der Waals surface area contributed by atoms with Crippen LogP contribution in [0.25, 0.3) is 0 Å². The lowest BCUT2D eigenvalue weighted by molar-refractivity contribution is -0.142. The Morgan fingerprint density at radius 2 is 1.33 bits per heavy atom. The van der Waals surface area contributed by atoms with Crippen LogP contribution in [-0.2, 0) is 33.6 Å². The largest absolute Gasteiger partial charge is 0.481 e. The van der Waals surface area contributed by atoms with Crippen molar-refractivity contribution in [3.63, 3.8) is 0 Å². The summed E-state index contributed by atoms with van der Waals surface area (Å²) in [4.78, 5) is 84.1. The smallest absolute Gasteiger partial charge is 0.326 e. The second kappa shape index (κ2) is 18.5. The molecule has 0 spiro atoms. The fourth-order valence-electron chi connectivity index (χ4n) is 3.31. The molecule has 16 nitrogen and oxygen atoms in total. The molecule has 11 N–H and O–H groups in total. The molecular formula is C23H41N7O9. The summed E-state index contributed by atoms with van der Waals surface area (Å²) < 4.78 is 0. The molecule has 0 aromatic carbocycles. The van der Waals surface area contributed by atoms with Gasteiger partial charge in [-0.3, -0.25) is 28.8 Å². The van der Waals surface area contributed by atoms with Crippen LogP contribution in [0.5, 0.6) is 0 Å². The number of nitrogens with one attached hydrogen (secondary N) is 5. The van der Waals surface area contributed by atoms with E-state index in [2.05, 4.69) is 26.6 Å². The van der Waals surface area contributed by atoms with Crippen LogP contribution in [0.3, 0.4) is 0 Å². The highest BCUT2D eigenvalue weighted by atomic mass is 16.4. The Kier molecular flexibility index (Phi) is 16.7. The molecule has 0 saturated heterocycles. The zero-order valence-corrected chi connectivity index (χ0v) is 22.5. The summed E-state index contributed by atoms with van der Waals surface area (Å²) in [6.07, 6.45) is 0.594. The lowest BCUT2D eigenvalue weighted by atomic mass is 10.0. The Morgan fingerprint density at radius 1 is 0.718 bits per heavy atom. The van der Waals surface area contributed by atoms with Crippen molar-refractivity contribution in [1.29, 1.82) is 0 Å². The summed E-state index contributed by atoms with van der Waals surface area (Å²) in [6, 6.07) is -4.96. The molecular weight excluding hydrogens is 518 g/mol. The molecule has 222 valence electrons. The van der Waals surface area contributed by atoms with Gasteiger partial charge in [-0.15, -0.1) is 0 Å². The van der Waals surface area contributed by atoms with E-state index >= 15 is 0 Å². The molecule has 0 bridgehead atoms. The van der Waals surface area contributed by atoms with E-state index in [1.807, 2.05) is 0 Å². The van der Waals surface area contributed by atoms with Crippen molar-refractivity contribution in [2.75, 3.05) is 19.6 Å². The van der Waals surface area contributed by atoms with E-state index < -0.39 is 78.6 Å². The summed E-state index contributed by atoms with van der Waals surface area (Å²) in [5, 5.41) is 29.9. The minimum absolute atomic E-state index is 0.0369. The SMILES string of the molecule is CC(C)C[C@H](NC(=O)CN)C(=O)N[C@@H](CC(=O)O)C(=O)NCC(=O)N[C@@H](C)C(=O)N[C@@H](CCCCN)C(=O)O. The fourth-order valence-corrected chi connectivity index (χ4v) is 3.31. The second-order valence-electron chi connectivity index (χ2n) is 9.30. The van der Waals surface area contributed by atoms with Crippen molar-refractivity contribution in [2.24, 2.45) is 17.4 Å². The average molecular weight is 560 g/mol. The standard InChI is InChI=1S/C23H41N7O9/c1-12(2)8-15(28-17(31)10-25)22(37)30-16(9-19(33)34)21(36)26-11-18(32)27-13(3)20(35)29-14(23(38)39)6-4-5-7-24/h12-16H,4-11,24-25H2,1-3H3,(H,26,36)(H,27,32)(H,28,31)(H,29,35)(H,30,37)(H,33,34)(H,38,39)/t13-,14-,15-,16-/m0/s1. The van der Waals surface area contributed by atoms with Crippen LogP contribution in [-0.4, -0.2) is 95.5 Å². The van der Waals surface area contributed by atoms with Gasteiger partial charge in [0.1, 0.15) is 24.2 Å². The highest BCUT2D eigenvalue weighted by molar-refractivity contribution is 5.96. The first-order valence-corrected chi connectivity index (χ1v) is 12.5. The maximum absolute atomic E-state index is 12.7. The van der Waals surface area contributed by atoms with E-state index in [4.69, 9.17) is 16.6 Å². The molecule has 0 rings (SSSR count). The summed E-state index contributed by atoms with van der Waals surface area (Å²) in [5.74, 6) is -6.68. The average Bonchev–Trinajstić information content (AvgIpc) is 2.84. The number of carbonyl (C=O) groups is 7. The molecule has 0 saturated carbocycles. The molecule has 0 aromatic heterocycles. The quantitative estimate of drug-likeness (QED) is 0.0709. The van der Waals surface area contributed by atoms with Gasteiger partial charge in [0.15, 0.2) is 0 Å². The van der Waals surface area contributed by atoms with Crippen LogP contribution in [0.15, 0.2) is 0 Å². The van der Waals surface area contributed by atoms with Crippen molar-refractivity contribution < 1.29 is 43.8 Å². The Balaban J connectivity index is 5.09. The zero-order chi connectivity index (χ0) is 30.1. The van der Waals surface area contributed by atoms with E-state index in [-0.39, 0.29) is 25.3 Å². The summed E-state index contributed by atoms with van der Waals surface area (Å²) in [5.41, 5.74) is 10.7. The highest BCUT2D eigenvalue weighted by Gasteiger charge is 2.29. The molecule has 0 aliphatic heterocycles. The van der Waals surface area contributed by atoms with Gasteiger partial charge in [-0.25, -0.2) is 4.79 Å². The third kappa shape index (κ3) is 15.3. The molecule has 0 fully saturated rings. The Bertz CT molecular complexity index is 882. The molecule has 0 heterocycles. The zero-order valence-electron chi connectivity index (χ0n) is 22.5. The highest BCUT2D eigenvalue weighted by Crippen LogP contribution is 2.06. The maximum Gasteiger partial charge on any atom is 0.326 e. The Morgan fingerprint density at radius 3 is 1.85 bits per heavy atom. The van der Waals surface area contributed by atoms with Crippen LogP contribution < -0.4 is 38.1 Å². The third-order valence-electron chi connectivity index (χ3n) is 5.31. The van der Waals surface area contributed by atoms with Gasteiger partial charge >= 0.3 is 11.9 Å². The number of carboxylic acid groups (broad SMARTS) is 2. The summed E-state index contributed by atoms with van der Waals surface area (Å²) >= 11 is 0. The molecule has 4 atom stereocenters. The first-order valence-electron chi connectivity index (χ1n) is 12.5. The number of nitrogens with two attached hydrogens (primary N) is 2. The number of unbranched alkanes of at least 4 members (excludes halogenated alkanes) is 1.